The van der Waals surface area contributed by atoms with Crippen LogP contribution in [-0.2, 0) is 4.74 Å². The van der Waals surface area contributed by atoms with Crippen LogP contribution in [0.4, 0.5) is 4.79 Å². The summed E-state index contributed by atoms with van der Waals surface area (Å²) in [7, 11) is 0. The molecule has 1 amide bonds. The fraction of sp³-hybridized carbons (Fsp3) is 0.969. The van der Waals surface area contributed by atoms with E-state index in [0.29, 0.717) is 54.6 Å². The molecule has 6 nitrogen and oxygen atoms in total. The molecule has 6 heteroatoms. The average molecular weight is 534 g/mol. The van der Waals surface area contributed by atoms with Crippen LogP contribution in [-0.4, -0.2) is 64.8 Å². The quantitative estimate of drug-likeness (QED) is 0.421. The van der Waals surface area contributed by atoms with Crippen LogP contribution in [0.25, 0.3) is 0 Å². The minimum Gasteiger partial charge on any atom is -0.449 e. The van der Waals surface area contributed by atoms with Crippen molar-refractivity contribution < 1.29 is 24.9 Å². The lowest BCUT2D eigenvalue weighted by Crippen LogP contribution is -2.62. The van der Waals surface area contributed by atoms with Crippen LogP contribution in [0.5, 0.6) is 0 Å². The summed E-state index contributed by atoms with van der Waals surface area (Å²) in [6.07, 6.45) is 10.9. The maximum absolute atomic E-state index is 12.7. The summed E-state index contributed by atoms with van der Waals surface area (Å²) in [5.74, 6) is 3.52. The predicted octanol–water partition coefficient (Wildman–Crippen LogP) is 5.48. The minimum absolute atomic E-state index is 0.138. The summed E-state index contributed by atoms with van der Waals surface area (Å²) in [6, 6.07) is 0. The average Bonchev–Trinajstić information content (AvgIpc) is 3.27. The molecule has 0 radical (unpaired) electrons. The third-order valence-corrected chi connectivity index (χ3v) is 13.0. The second kappa shape index (κ2) is 11.2. The Labute approximate surface area is 230 Å². The van der Waals surface area contributed by atoms with Crippen molar-refractivity contribution in [2.24, 2.45) is 58.2 Å². The summed E-state index contributed by atoms with van der Waals surface area (Å²) >= 11 is 0. The highest BCUT2D eigenvalue weighted by Gasteiger charge is 2.64. The summed E-state index contributed by atoms with van der Waals surface area (Å²) < 4.78 is 5.73. The van der Waals surface area contributed by atoms with Gasteiger partial charge in [0.1, 0.15) is 0 Å². The molecule has 0 aromatic rings. The highest BCUT2D eigenvalue weighted by atomic mass is 16.6. The Morgan fingerprint density at radius 1 is 1.03 bits per heavy atom. The number of amides is 1. The van der Waals surface area contributed by atoms with E-state index >= 15 is 0 Å². The molecule has 0 spiro atoms. The molecular weight excluding hydrogens is 478 g/mol. The normalized spacial score (nSPS) is 47.6. The van der Waals surface area contributed by atoms with Gasteiger partial charge in [-0.3, -0.25) is 0 Å². The monoisotopic (exact) mass is 533 g/mol. The Hall–Kier alpha value is -0.850. The van der Waals surface area contributed by atoms with Crippen LogP contribution >= 0.6 is 0 Å². The van der Waals surface area contributed by atoms with E-state index in [1.54, 1.807) is 4.90 Å². The number of carbonyl (C=O) groups is 1. The first-order chi connectivity index (χ1) is 18.1. The van der Waals surface area contributed by atoms with Gasteiger partial charge in [-0.1, -0.05) is 34.1 Å². The van der Waals surface area contributed by atoms with Gasteiger partial charge in [0, 0.05) is 19.7 Å². The molecule has 0 aromatic heterocycles. The van der Waals surface area contributed by atoms with Crippen LogP contribution in [0.2, 0.25) is 0 Å². The van der Waals surface area contributed by atoms with E-state index in [1.807, 2.05) is 0 Å². The summed E-state index contributed by atoms with van der Waals surface area (Å²) in [6.45, 7) is 11.6. The zero-order valence-corrected chi connectivity index (χ0v) is 24.5. The number of fused-ring (bicyclic) bond motifs is 5. The van der Waals surface area contributed by atoms with Gasteiger partial charge >= 0.3 is 6.09 Å². The lowest BCUT2D eigenvalue weighted by molar-refractivity contribution is -0.203. The van der Waals surface area contributed by atoms with Gasteiger partial charge in [-0.05, 0) is 122 Å². The minimum atomic E-state index is -0.250. The lowest BCUT2D eigenvalue weighted by Gasteiger charge is -2.64. The van der Waals surface area contributed by atoms with Gasteiger partial charge in [-0.2, -0.15) is 0 Å². The zero-order valence-electron chi connectivity index (χ0n) is 24.5. The Morgan fingerprint density at radius 3 is 2.50 bits per heavy atom. The summed E-state index contributed by atoms with van der Waals surface area (Å²) in [5, 5.41) is 31.9. The van der Waals surface area contributed by atoms with Crippen molar-refractivity contribution in [3.05, 3.63) is 0 Å². The first kappa shape index (κ1) is 28.7. The van der Waals surface area contributed by atoms with Crippen LogP contribution in [0, 0.1) is 58.2 Å². The third-order valence-electron chi connectivity index (χ3n) is 13.0. The number of piperidine rings is 1. The van der Waals surface area contributed by atoms with Crippen molar-refractivity contribution in [2.45, 2.75) is 111 Å². The highest BCUT2D eigenvalue weighted by Crippen LogP contribution is 2.69. The van der Waals surface area contributed by atoms with E-state index in [9.17, 15) is 20.1 Å². The highest BCUT2D eigenvalue weighted by molar-refractivity contribution is 5.67. The number of hydrogen-bond acceptors (Lipinski definition) is 5. The molecule has 12 atom stereocenters. The molecule has 0 bridgehead atoms. The van der Waals surface area contributed by atoms with E-state index in [1.165, 1.54) is 25.7 Å². The van der Waals surface area contributed by atoms with Crippen molar-refractivity contribution in [2.75, 3.05) is 26.3 Å². The fourth-order valence-corrected chi connectivity index (χ4v) is 10.9. The Bertz CT molecular complexity index is 837. The maximum Gasteiger partial charge on any atom is 0.409 e. The molecule has 5 aliphatic rings. The second-order valence-electron chi connectivity index (χ2n) is 14.6. The van der Waals surface area contributed by atoms with Gasteiger partial charge in [0.2, 0.25) is 0 Å². The van der Waals surface area contributed by atoms with Gasteiger partial charge in [0.25, 0.3) is 0 Å². The number of hydrogen-bond donors (Lipinski definition) is 3. The Morgan fingerprint density at radius 2 is 1.76 bits per heavy atom. The molecule has 38 heavy (non-hydrogen) atoms. The first-order valence-corrected chi connectivity index (χ1v) is 16.0. The number of aliphatic hydroxyl groups is 3. The smallest absolute Gasteiger partial charge is 0.409 e. The topological polar surface area (TPSA) is 90.2 Å². The standard InChI is InChI=1S/C32H55NO5/c1-5-23-27-17-22(35)10-13-32(27,4)26-11-14-31(3)24(8-9-25(31)28(26)29(23)36)20(2)12-16-38-30(37)33-15-6-7-21(18-33)19-34/h20-29,34-36H,5-19H2,1-4H3/t20-,21-,22-,23-,24-,25+,26+,27+,28+,29-,31-,32-/m1/s1. The van der Waals surface area contributed by atoms with E-state index in [-0.39, 0.29) is 41.7 Å². The Kier molecular flexibility index (Phi) is 8.45. The molecule has 5 rings (SSSR count). The number of aliphatic hydroxyl groups excluding tert-OH is 3. The second-order valence-corrected chi connectivity index (χ2v) is 14.6. The summed E-state index contributed by atoms with van der Waals surface area (Å²) in [5.41, 5.74) is 0.481. The lowest BCUT2D eigenvalue weighted by atomic mass is 9.41. The van der Waals surface area contributed by atoms with Crippen molar-refractivity contribution in [3.63, 3.8) is 0 Å². The van der Waals surface area contributed by atoms with E-state index in [4.69, 9.17) is 4.74 Å². The van der Waals surface area contributed by atoms with Crippen LogP contribution in [0.15, 0.2) is 0 Å². The molecule has 218 valence electrons. The molecule has 1 aliphatic heterocycles. The molecular formula is C32H55NO5. The molecule has 5 fully saturated rings. The Balaban J connectivity index is 1.23. The number of ether oxygens (including phenoxy) is 1. The molecule has 0 unspecified atom stereocenters. The van der Waals surface area contributed by atoms with Gasteiger partial charge < -0.3 is 25.0 Å². The number of carbonyl (C=O) groups excluding carboxylic acids is 1. The van der Waals surface area contributed by atoms with Crippen LogP contribution in [0.1, 0.15) is 98.3 Å². The zero-order chi connectivity index (χ0) is 27.2. The molecule has 4 aliphatic carbocycles. The van der Waals surface area contributed by atoms with E-state index < -0.39 is 0 Å². The largest absolute Gasteiger partial charge is 0.449 e. The molecule has 0 aromatic carbocycles. The number of nitrogens with zero attached hydrogens (tertiary/aromatic N) is 1. The van der Waals surface area contributed by atoms with Crippen molar-refractivity contribution in [1.82, 2.24) is 4.90 Å². The van der Waals surface area contributed by atoms with E-state index in [0.717, 1.165) is 51.5 Å². The van der Waals surface area contributed by atoms with Gasteiger partial charge in [-0.25, -0.2) is 4.79 Å². The first-order valence-electron chi connectivity index (χ1n) is 16.0. The molecule has 4 saturated carbocycles. The predicted molar refractivity (Wildman–Crippen MR) is 148 cm³/mol. The van der Waals surface area contributed by atoms with Crippen LogP contribution < -0.4 is 0 Å². The maximum atomic E-state index is 12.7. The van der Waals surface area contributed by atoms with Gasteiger partial charge in [-0.15, -0.1) is 0 Å². The molecule has 1 heterocycles. The fourth-order valence-electron chi connectivity index (χ4n) is 10.9. The van der Waals surface area contributed by atoms with Gasteiger partial charge in [0.05, 0.1) is 18.8 Å². The third kappa shape index (κ3) is 4.83. The SMILES string of the molecule is CC[C@H]1[C@@H](O)[C@@H]2[C@H](CC[C@]3(C)[C@@H]([C@H](C)CCOC(=O)N4CCC[C@@H](CO)C4)CC[C@@H]23)[C@@]2(C)CC[C@@H](O)C[C@@H]12. The molecule has 1 saturated heterocycles. The van der Waals surface area contributed by atoms with Crippen molar-refractivity contribution in [1.29, 1.82) is 0 Å². The van der Waals surface area contributed by atoms with E-state index in [2.05, 4.69) is 27.7 Å². The van der Waals surface area contributed by atoms with Crippen LogP contribution in [0.3, 0.4) is 0 Å². The van der Waals surface area contributed by atoms with Gasteiger partial charge in [0.15, 0.2) is 0 Å². The van der Waals surface area contributed by atoms with Crippen molar-refractivity contribution in [3.8, 4) is 0 Å². The van der Waals surface area contributed by atoms with Crippen molar-refractivity contribution >= 4 is 6.09 Å². The molecule has 3 N–H and O–H groups in total. The summed E-state index contributed by atoms with van der Waals surface area (Å²) in [4.78, 5) is 14.4. The number of rotatable bonds is 6. The number of likely N-dealkylation sites (tertiary alicyclic amines) is 1.